The van der Waals surface area contributed by atoms with Crippen LogP contribution in [0.4, 0.5) is 5.82 Å². The molecule has 2 nitrogen and oxygen atoms in total. The highest BCUT2D eigenvalue weighted by Gasteiger charge is 1.86. The summed E-state index contributed by atoms with van der Waals surface area (Å²) in [6.07, 6.45) is 1.79. The first-order valence-electron chi connectivity index (χ1n) is 2.93. The van der Waals surface area contributed by atoms with Crippen LogP contribution >= 0.6 is 0 Å². The van der Waals surface area contributed by atoms with Crippen molar-refractivity contribution in [1.82, 2.24) is 4.98 Å². The lowest BCUT2D eigenvalue weighted by molar-refractivity contribution is 1.26. The number of hydrogen-bond acceptors (Lipinski definition) is 2. The molecule has 0 fully saturated rings. The van der Waals surface area contributed by atoms with E-state index in [1.54, 1.807) is 6.20 Å². The summed E-state index contributed by atoms with van der Waals surface area (Å²) in [5, 5.41) is 2.96. The van der Waals surface area contributed by atoms with Crippen molar-refractivity contribution in [3.63, 3.8) is 0 Å². The summed E-state index contributed by atoms with van der Waals surface area (Å²) < 4.78 is 0. The quantitative estimate of drug-likeness (QED) is 0.616. The third-order valence-corrected chi connectivity index (χ3v) is 1.17. The van der Waals surface area contributed by atoms with Crippen molar-refractivity contribution in [2.24, 2.45) is 0 Å². The second kappa shape index (κ2) is 2.49. The number of anilines is 1. The van der Waals surface area contributed by atoms with Crippen molar-refractivity contribution in [2.45, 2.75) is 6.92 Å². The molecule has 9 heavy (non-hydrogen) atoms. The molecule has 1 N–H and O–H groups in total. The van der Waals surface area contributed by atoms with E-state index in [9.17, 15) is 0 Å². The molecule has 1 aromatic rings. The monoisotopic (exact) mass is 124 g/mol. The zero-order chi connectivity index (χ0) is 6.69. The van der Waals surface area contributed by atoms with E-state index in [1.165, 1.54) is 5.56 Å². The van der Waals surface area contributed by atoms with E-state index in [-0.39, 0.29) is 1.43 Å². The molecule has 0 unspecified atom stereocenters. The maximum atomic E-state index is 4.05. The molecule has 0 saturated carbocycles. The summed E-state index contributed by atoms with van der Waals surface area (Å²) >= 11 is 0. The van der Waals surface area contributed by atoms with Gasteiger partial charge in [0.15, 0.2) is 0 Å². The van der Waals surface area contributed by atoms with Crippen LogP contribution in [0.3, 0.4) is 0 Å². The van der Waals surface area contributed by atoms with Crippen LogP contribution in [-0.4, -0.2) is 12.0 Å². The van der Waals surface area contributed by atoms with Crippen molar-refractivity contribution < 1.29 is 1.43 Å². The molecule has 1 aromatic heterocycles. The summed E-state index contributed by atoms with van der Waals surface area (Å²) in [6, 6.07) is 3.97. The van der Waals surface area contributed by atoms with Crippen molar-refractivity contribution in [1.29, 1.82) is 0 Å². The third-order valence-electron chi connectivity index (χ3n) is 1.17. The number of aryl methyl sites for hydroxylation is 1. The van der Waals surface area contributed by atoms with Crippen LogP contribution in [0.2, 0.25) is 0 Å². The molecule has 0 radical (unpaired) electrons. The van der Waals surface area contributed by atoms with Gasteiger partial charge in [0.25, 0.3) is 0 Å². The minimum Gasteiger partial charge on any atom is -0.373 e. The predicted octanol–water partition coefficient (Wildman–Crippen LogP) is 1.68. The Hall–Kier alpha value is -1.05. The highest BCUT2D eigenvalue weighted by Crippen LogP contribution is 2.02. The number of rotatable bonds is 1. The molecular weight excluding hydrogens is 112 g/mol. The SMILES string of the molecule is CNc1cc(C)ccn1.[HH]. The van der Waals surface area contributed by atoms with Gasteiger partial charge in [-0.05, 0) is 24.6 Å². The van der Waals surface area contributed by atoms with Gasteiger partial charge in [0.1, 0.15) is 5.82 Å². The van der Waals surface area contributed by atoms with E-state index < -0.39 is 0 Å². The highest BCUT2D eigenvalue weighted by atomic mass is 14.9. The minimum absolute atomic E-state index is 0. The lowest BCUT2D eigenvalue weighted by atomic mass is 10.3. The first kappa shape index (κ1) is 6.08. The standard InChI is InChI=1S/C7H10N2.H2/c1-6-3-4-9-7(5-6)8-2;/h3-5H,1-2H3,(H,8,9);1H. The molecule has 1 rings (SSSR count). The molecule has 0 saturated heterocycles. The van der Waals surface area contributed by atoms with Crippen molar-refractivity contribution in [3.8, 4) is 0 Å². The van der Waals surface area contributed by atoms with Crippen LogP contribution in [-0.2, 0) is 0 Å². The Bertz CT molecular complexity index is 201. The topological polar surface area (TPSA) is 24.9 Å². The van der Waals surface area contributed by atoms with Gasteiger partial charge < -0.3 is 5.32 Å². The fraction of sp³-hybridized carbons (Fsp3) is 0.286. The maximum Gasteiger partial charge on any atom is 0.125 e. The molecule has 0 atom stereocenters. The summed E-state index contributed by atoms with van der Waals surface area (Å²) in [5.41, 5.74) is 1.23. The first-order valence-corrected chi connectivity index (χ1v) is 2.93. The van der Waals surface area contributed by atoms with Gasteiger partial charge in [-0.2, -0.15) is 0 Å². The van der Waals surface area contributed by atoms with Gasteiger partial charge in [-0.3, -0.25) is 0 Å². The van der Waals surface area contributed by atoms with E-state index in [2.05, 4.69) is 10.3 Å². The highest BCUT2D eigenvalue weighted by molar-refractivity contribution is 5.35. The molecule has 0 aromatic carbocycles. The fourth-order valence-electron chi connectivity index (χ4n) is 0.673. The van der Waals surface area contributed by atoms with E-state index in [4.69, 9.17) is 0 Å². The van der Waals surface area contributed by atoms with Gasteiger partial charge in [0.05, 0.1) is 0 Å². The van der Waals surface area contributed by atoms with Crippen LogP contribution in [0.5, 0.6) is 0 Å². The Labute approximate surface area is 56.4 Å². The summed E-state index contributed by atoms with van der Waals surface area (Å²) in [4.78, 5) is 4.05. The number of nitrogens with zero attached hydrogens (tertiary/aromatic N) is 1. The molecule has 0 aliphatic heterocycles. The third kappa shape index (κ3) is 1.42. The van der Waals surface area contributed by atoms with Crippen LogP contribution in [0.1, 0.15) is 6.99 Å². The second-order valence-electron chi connectivity index (χ2n) is 1.97. The van der Waals surface area contributed by atoms with Crippen LogP contribution in [0, 0.1) is 6.92 Å². The Balaban J connectivity index is 0.000000810. The van der Waals surface area contributed by atoms with Crippen molar-refractivity contribution >= 4 is 5.82 Å². The molecule has 1 heterocycles. The molecule has 0 bridgehead atoms. The van der Waals surface area contributed by atoms with E-state index >= 15 is 0 Å². The zero-order valence-electron chi connectivity index (χ0n) is 5.68. The largest absolute Gasteiger partial charge is 0.373 e. The van der Waals surface area contributed by atoms with Crippen molar-refractivity contribution in [2.75, 3.05) is 12.4 Å². The van der Waals surface area contributed by atoms with Gasteiger partial charge in [0.2, 0.25) is 0 Å². The molecular formula is C7H12N2. The van der Waals surface area contributed by atoms with Gasteiger partial charge in [-0.1, -0.05) is 0 Å². The molecule has 50 valence electrons. The van der Waals surface area contributed by atoms with Crippen molar-refractivity contribution in [3.05, 3.63) is 23.9 Å². The number of pyridine rings is 1. The van der Waals surface area contributed by atoms with E-state index in [0.717, 1.165) is 5.82 Å². The van der Waals surface area contributed by atoms with E-state index in [0.29, 0.717) is 0 Å². The van der Waals surface area contributed by atoms with Crippen LogP contribution < -0.4 is 5.32 Å². The molecule has 0 aliphatic carbocycles. The number of aromatic nitrogens is 1. The smallest absolute Gasteiger partial charge is 0.125 e. The van der Waals surface area contributed by atoms with Gasteiger partial charge in [0, 0.05) is 14.7 Å². The van der Waals surface area contributed by atoms with Gasteiger partial charge in [-0.25, -0.2) is 4.98 Å². The summed E-state index contributed by atoms with van der Waals surface area (Å²) in [7, 11) is 1.86. The lowest BCUT2D eigenvalue weighted by Gasteiger charge is -1.96. The minimum atomic E-state index is 0. The molecule has 0 spiro atoms. The summed E-state index contributed by atoms with van der Waals surface area (Å²) in [5.74, 6) is 0.926. The van der Waals surface area contributed by atoms with Gasteiger partial charge in [-0.15, -0.1) is 0 Å². The number of nitrogens with one attached hydrogen (secondary N) is 1. The molecule has 0 aliphatic rings. The zero-order valence-corrected chi connectivity index (χ0v) is 5.68. The summed E-state index contributed by atoms with van der Waals surface area (Å²) in [6.45, 7) is 2.04. The van der Waals surface area contributed by atoms with E-state index in [1.807, 2.05) is 26.1 Å². The Morgan fingerprint density at radius 2 is 2.44 bits per heavy atom. The average Bonchev–Trinajstić information content (AvgIpc) is 1.88. The molecule has 0 amide bonds. The number of hydrogen-bond donors (Lipinski definition) is 1. The lowest BCUT2D eigenvalue weighted by Crippen LogP contribution is -1.90. The normalized spacial score (nSPS) is 9.11. The maximum absolute atomic E-state index is 4.05. The van der Waals surface area contributed by atoms with Gasteiger partial charge >= 0.3 is 0 Å². The Morgan fingerprint density at radius 3 is 2.89 bits per heavy atom. The van der Waals surface area contributed by atoms with Crippen LogP contribution in [0.15, 0.2) is 18.3 Å². The first-order chi connectivity index (χ1) is 4.33. The fourth-order valence-corrected chi connectivity index (χ4v) is 0.673. The van der Waals surface area contributed by atoms with Crippen LogP contribution in [0.25, 0.3) is 0 Å². The second-order valence-corrected chi connectivity index (χ2v) is 1.97. The molecule has 2 heteroatoms. The predicted molar refractivity (Wildman–Crippen MR) is 40.6 cm³/mol. The average molecular weight is 124 g/mol. The Kier molecular flexibility index (Phi) is 1.68. The Morgan fingerprint density at radius 1 is 1.67 bits per heavy atom.